The van der Waals surface area contributed by atoms with Crippen molar-refractivity contribution in [3.63, 3.8) is 0 Å². The maximum Gasteiger partial charge on any atom is 0.243 e. The molecule has 0 saturated heterocycles. The summed E-state index contributed by atoms with van der Waals surface area (Å²) in [4.78, 5) is 26.6. The summed E-state index contributed by atoms with van der Waals surface area (Å²) in [5.74, 6) is 0.0121. The van der Waals surface area contributed by atoms with Crippen LogP contribution >= 0.6 is 0 Å². The van der Waals surface area contributed by atoms with Crippen molar-refractivity contribution in [2.75, 3.05) is 18.0 Å². The van der Waals surface area contributed by atoms with E-state index in [1.807, 2.05) is 0 Å². The molecule has 0 aliphatic carbocycles. The lowest BCUT2D eigenvalue weighted by Crippen LogP contribution is -2.47. The minimum absolute atomic E-state index is 0.167. The van der Waals surface area contributed by atoms with Crippen molar-refractivity contribution in [3.8, 4) is 0 Å². The van der Waals surface area contributed by atoms with E-state index in [2.05, 4.69) is 5.32 Å². The number of benzene rings is 1. The summed E-state index contributed by atoms with van der Waals surface area (Å²) >= 11 is 0. The SMILES string of the molecule is CCN(CC)S(=O)(=O)c1ccc2c(c1)C[C@H](C(=O)NCc1ccco1)N2C(C)=O. The molecular weight excluding hydrogens is 394 g/mol. The van der Waals surface area contributed by atoms with Gasteiger partial charge in [-0.1, -0.05) is 13.8 Å². The zero-order valence-corrected chi connectivity index (χ0v) is 17.5. The smallest absolute Gasteiger partial charge is 0.243 e. The number of hydrogen-bond acceptors (Lipinski definition) is 5. The molecule has 1 aliphatic heterocycles. The monoisotopic (exact) mass is 419 g/mol. The van der Waals surface area contributed by atoms with Gasteiger partial charge in [-0.15, -0.1) is 0 Å². The third kappa shape index (κ3) is 4.06. The molecule has 3 rings (SSSR count). The molecule has 9 heteroatoms. The van der Waals surface area contributed by atoms with Crippen molar-refractivity contribution in [2.24, 2.45) is 0 Å². The topological polar surface area (TPSA) is 99.9 Å². The van der Waals surface area contributed by atoms with Crippen LogP contribution in [-0.4, -0.2) is 43.7 Å². The fourth-order valence-corrected chi connectivity index (χ4v) is 5.11. The molecular formula is C20H25N3O5S. The lowest BCUT2D eigenvalue weighted by molar-refractivity contribution is -0.125. The van der Waals surface area contributed by atoms with Crippen LogP contribution in [0, 0.1) is 0 Å². The maximum absolute atomic E-state index is 12.8. The van der Waals surface area contributed by atoms with Crippen molar-refractivity contribution in [1.82, 2.24) is 9.62 Å². The highest BCUT2D eigenvalue weighted by Gasteiger charge is 2.38. The van der Waals surface area contributed by atoms with Crippen LogP contribution < -0.4 is 10.2 Å². The zero-order valence-electron chi connectivity index (χ0n) is 16.7. The zero-order chi connectivity index (χ0) is 21.2. The van der Waals surface area contributed by atoms with E-state index in [4.69, 9.17) is 4.42 Å². The normalized spacial score (nSPS) is 16.1. The Kier molecular flexibility index (Phi) is 6.09. The number of nitrogens with zero attached hydrogens (tertiary/aromatic N) is 2. The Labute approximate surface area is 170 Å². The molecule has 1 N–H and O–H groups in total. The van der Waals surface area contributed by atoms with Crippen molar-refractivity contribution >= 4 is 27.5 Å². The standard InChI is InChI=1S/C20H25N3O5S/c1-4-22(5-2)29(26,27)17-8-9-18-15(11-17)12-19(23(18)14(3)24)20(25)21-13-16-7-6-10-28-16/h6-11,19H,4-5,12-13H2,1-3H3,(H,21,25)/t19-/m1/s1. The molecule has 8 nitrogen and oxygen atoms in total. The fourth-order valence-electron chi connectivity index (χ4n) is 3.61. The number of nitrogens with one attached hydrogen (secondary N) is 1. The van der Waals surface area contributed by atoms with Crippen LogP contribution in [0.2, 0.25) is 0 Å². The van der Waals surface area contributed by atoms with Gasteiger partial charge >= 0.3 is 0 Å². The second-order valence-corrected chi connectivity index (χ2v) is 8.72. The van der Waals surface area contributed by atoms with Gasteiger partial charge in [0, 0.05) is 32.1 Å². The van der Waals surface area contributed by atoms with Crippen LogP contribution in [0.4, 0.5) is 5.69 Å². The van der Waals surface area contributed by atoms with Crippen LogP contribution in [0.3, 0.4) is 0 Å². The van der Waals surface area contributed by atoms with E-state index in [-0.39, 0.29) is 29.7 Å². The van der Waals surface area contributed by atoms with Gasteiger partial charge in [0.15, 0.2) is 0 Å². The molecule has 1 aliphatic rings. The first kappa shape index (κ1) is 21.1. The Hall–Kier alpha value is -2.65. The van der Waals surface area contributed by atoms with E-state index in [9.17, 15) is 18.0 Å². The van der Waals surface area contributed by atoms with Crippen molar-refractivity contribution in [1.29, 1.82) is 0 Å². The number of fused-ring (bicyclic) bond motifs is 1. The second-order valence-electron chi connectivity index (χ2n) is 6.79. The molecule has 1 atom stereocenters. The van der Waals surface area contributed by atoms with E-state index < -0.39 is 16.1 Å². The highest BCUT2D eigenvalue weighted by atomic mass is 32.2. The minimum atomic E-state index is -3.62. The highest BCUT2D eigenvalue weighted by molar-refractivity contribution is 7.89. The number of carbonyl (C=O) groups is 2. The number of sulfonamides is 1. The lowest BCUT2D eigenvalue weighted by Gasteiger charge is -2.23. The summed E-state index contributed by atoms with van der Waals surface area (Å²) in [6.07, 6.45) is 1.77. The summed E-state index contributed by atoms with van der Waals surface area (Å²) in [5, 5.41) is 2.77. The molecule has 0 unspecified atom stereocenters. The van der Waals surface area contributed by atoms with Crippen molar-refractivity contribution in [3.05, 3.63) is 47.9 Å². The maximum atomic E-state index is 12.8. The molecule has 0 bridgehead atoms. The highest BCUT2D eigenvalue weighted by Crippen LogP contribution is 2.35. The largest absolute Gasteiger partial charge is 0.467 e. The van der Waals surface area contributed by atoms with Crippen LogP contribution in [0.15, 0.2) is 45.9 Å². The van der Waals surface area contributed by atoms with Gasteiger partial charge in [0.2, 0.25) is 21.8 Å². The predicted molar refractivity (Wildman–Crippen MR) is 108 cm³/mol. The Balaban J connectivity index is 1.86. The molecule has 2 amide bonds. The van der Waals surface area contributed by atoms with Gasteiger partial charge in [-0.2, -0.15) is 4.31 Å². The minimum Gasteiger partial charge on any atom is -0.467 e. The summed E-state index contributed by atoms with van der Waals surface area (Å²) in [5.41, 5.74) is 1.22. The van der Waals surface area contributed by atoms with E-state index in [0.717, 1.165) is 0 Å². The quantitative estimate of drug-likeness (QED) is 0.739. The predicted octanol–water partition coefficient (Wildman–Crippen LogP) is 1.90. The lowest BCUT2D eigenvalue weighted by atomic mass is 10.1. The summed E-state index contributed by atoms with van der Waals surface area (Å²) in [7, 11) is -3.62. The molecule has 0 spiro atoms. The molecule has 0 saturated carbocycles. The Morgan fingerprint density at radius 1 is 1.24 bits per heavy atom. The van der Waals surface area contributed by atoms with E-state index >= 15 is 0 Å². The van der Waals surface area contributed by atoms with Crippen LogP contribution in [0.25, 0.3) is 0 Å². The number of carbonyl (C=O) groups excluding carboxylic acids is 2. The molecule has 0 fully saturated rings. The average molecular weight is 420 g/mol. The molecule has 2 heterocycles. The van der Waals surface area contributed by atoms with Gasteiger partial charge in [0.05, 0.1) is 17.7 Å². The van der Waals surface area contributed by atoms with Gasteiger partial charge < -0.3 is 9.73 Å². The van der Waals surface area contributed by atoms with Gasteiger partial charge in [-0.05, 0) is 35.9 Å². The van der Waals surface area contributed by atoms with Crippen LogP contribution in [0.1, 0.15) is 32.1 Å². The Morgan fingerprint density at radius 3 is 2.55 bits per heavy atom. The van der Waals surface area contributed by atoms with Gasteiger partial charge in [0.1, 0.15) is 11.8 Å². The van der Waals surface area contributed by atoms with Gasteiger partial charge in [-0.25, -0.2) is 8.42 Å². The first-order valence-electron chi connectivity index (χ1n) is 9.52. The molecule has 2 aromatic rings. The Bertz CT molecular complexity index is 997. The van der Waals surface area contributed by atoms with Crippen molar-refractivity contribution in [2.45, 2.75) is 44.7 Å². The number of rotatable bonds is 7. The average Bonchev–Trinajstić information content (AvgIpc) is 3.33. The van der Waals surface area contributed by atoms with E-state index in [0.29, 0.717) is 30.1 Å². The summed E-state index contributed by atoms with van der Waals surface area (Å²) in [6, 6.07) is 7.41. The Morgan fingerprint density at radius 2 is 1.97 bits per heavy atom. The second kappa shape index (κ2) is 8.38. The van der Waals surface area contributed by atoms with E-state index in [1.165, 1.54) is 28.5 Å². The molecule has 156 valence electrons. The van der Waals surface area contributed by atoms with Crippen LogP contribution in [-0.2, 0) is 32.6 Å². The molecule has 29 heavy (non-hydrogen) atoms. The third-order valence-corrected chi connectivity index (χ3v) is 7.08. The van der Waals surface area contributed by atoms with Crippen LogP contribution in [0.5, 0.6) is 0 Å². The number of amides is 2. The molecule has 1 aromatic carbocycles. The third-order valence-electron chi connectivity index (χ3n) is 5.04. The van der Waals surface area contributed by atoms with Gasteiger partial charge in [0.25, 0.3) is 0 Å². The first-order chi connectivity index (χ1) is 13.8. The molecule has 0 radical (unpaired) electrons. The summed E-state index contributed by atoms with van der Waals surface area (Å²) in [6.45, 7) is 5.91. The van der Waals surface area contributed by atoms with Crippen molar-refractivity contribution < 1.29 is 22.4 Å². The van der Waals surface area contributed by atoms with Gasteiger partial charge in [-0.3, -0.25) is 14.5 Å². The number of hydrogen-bond donors (Lipinski definition) is 1. The number of furan rings is 1. The van der Waals surface area contributed by atoms with E-state index in [1.54, 1.807) is 38.1 Å². The number of anilines is 1. The first-order valence-corrected chi connectivity index (χ1v) is 11.0. The summed E-state index contributed by atoms with van der Waals surface area (Å²) < 4.78 is 32.2. The fraction of sp³-hybridized carbons (Fsp3) is 0.400. The molecule has 1 aromatic heterocycles.